The molecule has 0 amide bonds. The molecule has 174 valence electrons. The number of hydrogen-bond acceptors (Lipinski definition) is 3. The van der Waals surface area contributed by atoms with E-state index in [9.17, 15) is 0 Å². The molecule has 0 aliphatic rings. The number of nitrogens with zero attached hydrogens (tertiary/aromatic N) is 2. The second kappa shape index (κ2) is 10.3. The van der Waals surface area contributed by atoms with E-state index in [1.165, 1.54) is 22.3 Å². The van der Waals surface area contributed by atoms with Crippen LogP contribution in [-0.4, -0.2) is 18.3 Å². The molecule has 1 aromatic heterocycles. The highest BCUT2D eigenvalue weighted by Gasteiger charge is 2.19. The molecule has 0 saturated carbocycles. The Balaban J connectivity index is 2.10. The van der Waals surface area contributed by atoms with Crippen molar-refractivity contribution in [1.82, 2.24) is 4.98 Å². The third kappa shape index (κ3) is 5.52. The number of methoxy groups -OCH3 is 1. The summed E-state index contributed by atoms with van der Waals surface area (Å²) in [5.74, 6) is 2.19. The van der Waals surface area contributed by atoms with Crippen LogP contribution in [0.15, 0.2) is 47.5 Å². The number of benzene rings is 2. The molecule has 3 nitrogen and oxygen atoms in total. The van der Waals surface area contributed by atoms with Gasteiger partial charge in [0.15, 0.2) is 0 Å². The van der Waals surface area contributed by atoms with Gasteiger partial charge in [-0.3, -0.25) is 4.99 Å². The Morgan fingerprint density at radius 3 is 1.88 bits per heavy atom. The van der Waals surface area contributed by atoms with Gasteiger partial charge in [-0.1, -0.05) is 59.7 Å². The van der Waals surface area contributed by atoms with Gasteiger partial charge in [-0.2, -0.15) is 0 Å². The molecule has 0 fully saturated rings. The minimum Gasteiger partial charge on any atom is -0.497 e. The van der Waals surface area contributed by atoms with Crippen molar-refractivity contribution < 1.29 is 4.74 Å². The number of aliphatic imine (C=N–C) groups is 1. The van der Waals surface area contributed by atoms with Crippen LogP contribution in [0.3, 0.4) is 0 Å². The molecule has 0 N–H and O–H groups in total. The molecule has 3 heteroatoms. The largest absolute Gasteiger partial charge is 0.497 e. The van der Waals surface area contributed by atoms with Gasteiger partial charge in [0.25, 0.3) is 0 Å². The van der Waals surface area contributed by atoms with Crippen LogP contribution in [0.2, 0.25) is 0 Å². The van der Waals surface area contributed by atoms with Crippen LogP contribution in [0.4, 0.5) is 5.69 Å². The average Bonchev–Trinajstić information content (AvgIpc) is 2.77. The van der Waals surface area contributed by atoms with Crippen molar-refractivity contribution in [2.24, 2.45) is 4.99 Å². The quantitative estimate of drug-likeness (QED) is 0.344. The van der Waals surface area contributed by atoms with Crippen molar-refractivity contribution in [2.45, 2.75) is 73.1 Å². The summed E-state index contributed by atoms with van der Waals surface area (Å²) < 4.78 is 5.38. The maximum Gasteiger partial charge on any atom is 0.119 e. The first-order chi connectivity index (χ1) is 15.6. The number of hydrogen-bond donors (Lipinski definition) is 0. The number of pyridine rings is 1. The van der Waals surface area contributed by atoms with Gasteiger partial charge in [-0.25, -0.2) is 4.98 Å². The number of ether oxygens (including phenoxy) is 1. The molecule has 3 rings (SSSR count). The van der Waals surface area contributed by atoms with Crippen LogP contribution < -0.4 is 4.74 Å². The fourth-order valence-electron chi connectivity index (χ4n) is 4.28. The summed E-state index contributed by atoms with van der Waals surface area (Å²) in [5.41, 5.74) is 10.4. The summed E-state index contributed by atoms with van der Waals surface area (Å²) in [7, 11) is 1.69. The number of aryl methyl sites for hydroxylation is 2. The van der Waals surface area contributed by atoms with Gasteiger partial charge in [0.2, 0.25) is 0 Å². The van der Waals surface area contributed by atoms with E-state index in [2.05, 4.69) is 79.7 Å². The van der Waals surface area contributed by atoms with Crippen molar-refractivity contribution in [1.29, 1.82) is 0 Å². The van der Waals surface area contributed by atoms with Gasteiger partial charge in [0, 0.05) is 5.56 Å². The van der Waals surface area contributed by atoms with E-state index in [0.29, 0.717) is 17.8 Å². The SMILES string of the molecule is COc1cc(C)c(N=Cc2cccc(-c3c(C(C)C)cc(C(C)C)cc3C(C)C)n2)c(C)c1. The van der Waals surface area contributed by atoms with Crippen molar-refractivity contribution in [3.05, 3.63) is 76.0 Å². The molecule has 3 aromatic rings. The van der Waals surface area contributed by atoms with Crippen molar-refractivity contribution in [2.75, 3.05) is 7.11 Å². The maximum atomic E-state index is 5.38. The molecule has 0 atom stereocenters. The van der Waals surface area contributed by atoms with E-state index in [-0.39, 0.29) is 0 Å². The first-order valence-corrected chi connectivity index (χ1v) is 12.0. The highest BCUT2D eigenvalue weighted by molar-refractivity contribution is 5.82. The second-order valence-electron chi connectivity index (χ2n) is 9.85. The average molecular weight is 443 g/mol. The van der Waals surface area contributed by atoms with Crippen molar-refractivity contribution >= 4 is 11.9 Å². The molecular formula is C30H38N2O. The van der Waals surface area contributed by atoms with Crippen LogP contribution in [0, 0.1) is 13.8 Å². The van der Waals surface area contributed by atoms with Gasteiger partial charge in [0.05, 0.1) is 30.4 Å². The molecule has 0 radical (unpaired) electrons. The molecule has 0 saturated heterocycles. The van der Waals surface area contributed by atoms with Crippen LogP contribution in [-0.2, 0) is 0 Å². The molecule has 2 aromatic carbocycles. The van der Waals surface area contributed by atoms with Crippen molar-refractivity contribution in [3.63, 3.8) is 0 Å². The van der Waals surface area contributed by atoms with E-state index in [1.54, 1.807) is 7.11 Å². The van der Waals surface area contributed by atoms with Crippen LogP contribution in [0.1, 0.15) is 92.8 Å². The zero-order valence-corrected chi connectivity index (χ0v) is 21.7. The monoisotopic (exact) mass is 442 g/mol. The normalized spacial score (nSPS) is 11.9. The zero-order chi connectivity index (χ0) is 24.3. The molecule has 0 bridgehead atoms. The molecule has 0 aliphatic heterocycles. The molecule has 1 heterocycles. The predicted octanol–water partition coefficient (Wildman–Crippen LogP) is 8.49. The summed E-state index contributed by atoms with van der Waals surface area (Å²) in [6, 6.07) is 15.0. The Hall–Kier alpha value is -2.94. The van der Waals surface area contributed by atoms with Gasteiger partial charge in [-0.15, -0.1) is 0 Å². The van der Waals surface area contributed by atoms with Gasteiger partial charge in [0.1, 0.15) is 5.75 Å². The zero-order valence-electron chi connectivity index (χ0n) is 21.7. The Kier molecular flexibility index (Phi) is 7.73. The number of aromatic nitrogens is 1. The van der Waals surface area contributed by atoms with E-state index < -0.39 is 0 Å². The summed E-state index contributed by atoms with van der Waals surface area (Å²) >= 11 is 0. The lowest BCUT2D eigenvalue weighted by Crippen LogP contribution is -2.05. The first-order valence-electron chi connectivity index (χ1n) is 12.0. The van der Waals surface area contributed by atoms with E-state index in [1.807, 2.05) is 24.4 Å². The highest BCUT2D eigenvalue weighted by atomic mass is 16.5. The summed E-state index contributed by atoms with van der Waals surface area (Å²) in [6.07, 6.45) is 1.87. The predicted molar refractivity (Wildman–Crippen MR) is 142 cm³/mol. The lowest BCUT2D eigenvalue weighted by molar-refractivity contribution is 0.414. The van der Waals surface area contributed by atoms with Gasteiger partial charge < -0.3 is 4.74 Å². The van der Waals surface area contributed by atoms with E-state index >= 15 is 0 Å². The third-order valence-electron chi connectivity index (χ3n) is 6.19. The minimum absolute atomic E-state index is 0.417. The smallest absolute Gasteiger partial charge is 0.119 e. The van der Waals surface area contributed by atoms with E-state index in [4.69, 9.17) is 14.7 Å². The highest BCUT2D eigenvalue weighted by Crippen LogP contribution is 2.38. The van der Waals surface area contributed by atoms with Crippen LogP contribution in [0.5, 0.6) is 5.75 Å². The van der Waals surface area contributed by atoms with Crippen LogP contribution >= 0.6 is 0 Å². The Morgan fingerprint density at radius 2 is 1.39 bits per heavy atom. The Morgan fingerprint density at radius 1 is 0.818 bits per heavy atom. The van der Waals surface area contributed by atoms with Crippen molar-refractivity contribution in [3.8, 4) is 17.0 Å². The maximum absolute atomic E-state index is 5.38. The fourth-order valence-corrected chi connectivity index (χ4v) is 4.28. The van der Waals surface area contributed by atoms with Gasteiger partial charge in [-0.05, 0) is 83.7 Å². The molecule has 0 spiro atoms. The minimum atomic E-state index is 0.417. The third-order valence-corrected chi connectivity index (χ3v) is 6.19. The molecule has 0 unspecified atom stereocenters. The van der Waals surface area contributed by atoms with Crippen LogP contribution in [0.25, 0.3) is 11.3 Å². The van der Waals surface area contributed by atoms with E-state index in [0.717, 1.165) is 34.0 Å². The number of rotatable bonds is 7. The summed E-state index contributed by atoms with van der Waals surface area (Å²) in [6.45, 7) is 17.7. The Bertz CT molecular complexity index is 1100. The van der Waals surface area contributed by atoms with Gasteiger partial charge >= 0.3 is 0 Å². The molecule has 33 heavy (non-hydrogen) atoms. The molecular weight excluding hydrogens is 404 g/mol. The summed E-state index contributed by atoms with van der Waals surface area (Å²) in [5, 5.41) is 0. The lowest BCUT2D eigenvalue weighted by atomic mass is 9.83. The first kappa shape index (κ1) is 24.7. The fraction of sp³-hybridized carbons (Fsp3) is 0.400. The standard InChI is InChI=1S/C30H38N2O/c1-18(2)23-15-26(19(3)4)29(27(16-23)20(5)6)28-12-10-11-24(32-28)17-31-30-21(7)13-25(33-9)14-22(30)8/h10-20H,1-9H3. The Labute approximate surface area is 200 Å². The summed E-state index contributed by atoms with van der Waals surface area (Å²) in [4.78, 5) is 9.83. The second-order valence-corrected chi connectivity index (χ2v) is 9.85. The lowest BCUT2D eigenvalue weighted by Gasteiger charge is -2.22. The topological polar surface area (TPSA) is 34.5 Å². The molecule has 0 aliphatic carbocycles.